The zero-order chi connectivity index (χ0) is 12.7. The Morgan fingerprint density at radius 3 is 2.59 bits per heavy atom. The van der Waals surface area contributed by atoms with Crippen LogP contribution in [0.3, 0.4) is 0 Å². The molecule has 2 rings (SSSR count). The minimum Gasteiger partial charge on any atom is -0.481 e. The Labute approximate surface area is 106 Å². The molecule has 1 unspecified atom stereocenters. The fourth-order valence-electron chi connectivity index (χ4n) is 1.58. The van der Waals surface area contributed by atoms with Crippen LogP contribution in [-0.4, -0.2) is 36.2 Å². The fourth-order valence-corrected chi connectivity index (χ4v) is 1.90. The minimum absolute atomic E-state index is 0.0798. The van der Waals surface area contributed by atoms with Gasteiger partial charge in [-0.2, -0.15) is 0 Å². The number of alkyl halides is 1. The van der Waals surface area contributed by atoms with Gasteiger partial charge < -0.3 is 15.3 Å². The number of halogens is 1. The van der Waals surface area contributed by atoms with Crippen LogP contribution in [0.15, 0.2) is 30.3 Å². The normalized spacial score (nSPS) is 19.2. The Morgan fingerprint density at radius 1 is 1.47 bits per heavy atom. The van der Waals surface area contributed by atoms with Crippen LogP contribution >= 0.6 is 11.6 Å². The summed E-state index contributed by atoms with van der Waals surface area (Å²) in [6, 6.07) is 10.3. The predicted molar refractivity (Wildman–Crippen MR) is 69.6 cm³/mol. The molecule has 1 aromatic carbocycles. The number of anilines is 1. The highest BCUT2D eigenvalue weighted by Gasteiger charge is 2.19. The lowest BCUT2D eigenvalue weighted by Gasteiger charge is -2.34. The van der Waals surface area contributed by atoms with Crippen LogP contribution in [0.4, 0.5) is 5.69 Å². The summed E-state index contributed by atoms with van der Waals surface area (Å²) in [6.45, 7) is 3.94. The highest BCUT2D eigenvalue weighted by molar-refractivity contribution is 6.22. The van der Waals surface area contributed by atoms with Crippen molar-refractivity contribution in [2.75, 3.05) is 24.5 Å². The Kier molecular flexibility index (Phi) is 5.80. The Hall–Kier alpha value is -1.26. The van der Waals surface area contributed by atoms with Crippen LogP contribution in [0.1, 0.15) is 6.92 Å². The molecule has 2 N–H and O–H groups in total. The number of nitrogens with one attached hydrogen (secondary N) is 1. The van der Waals surface area contributed by atoms with Crippen molar-refractivity contribution in [2.24, 2.45) is 0 Å². The van der Waals surface area contributed by atoms with Crippen molar-refractivity contribution in [1.82, 2.24) is 5.32 Å². The van der Waals surface area contributed by atoms with Gasteiger partial charge in [0, 0.05) is 32.2 Å². The van der Waals surface area contributed by atoms with Gasteiger partial charge in [0.25, 0.3) is 5.97 Å². The van der Waals surface area contributed by atoms with Crippen molar-refractivity contribution in [3.05, 3.63) is 30.3 Å². The number of nitrogens with zero attached hydrogens (tertiary/aromatic N) is 1. The van der Waals surface area contributed by atoms with Crippen molar-refractivity contribution >= 4 is 23.3 Å². The molecule has 1 aliphatic rings. The number of carboxylic acid groups (broad SMARTS) is 1. The van der Waals surface area contributed by atoms with Gasteiger partial charge >= 0.3 is 0 Å². The molecule has 17 heavy (non-hydrogen) atoms. The van der Waals surface area contributed by atoms with Crippen molar-refractivity contribution in [2.45, 2.75) is 12.4 Å². The maximum atomic E-state index is 9.00. The van der Waals surface area contributed by atoms with Crippen molar-refractivity contribution in [3.8, 4) is 0 Å². The molecule has 1 saturated heterocycles. The van der Waals surface area contributed by atoms with Gasteiger partial charge in [-0.3, -0.25) is 4.79 Å². The number of hydrogen-bond donors (Lipinski definition) is 2. The van der Waals surface area contributed by atoms with Gasteiger partial charge in [-0.15, -0.1) is 0 Å². The lowest BCUT2D eigenvalue weighted by atomic mass is 10.2. The maximum absolute atomic E-state index is 9.00. The molecule has 94 valence electrons. The monoisotopic (exact) mass is 256 g/mol. The molecular weight excluding hydrogens is 240 g/mol. The summed E-state index contributed by atoms with van der Waals surface area (Å²) < 4.78 is 0. The molecule has 0 aliphatic carbocycles. The SMILES string of the molecule is CC(=O)O.ClC1CNCCN1c1ccccc1. The number of rotatable bonds is 1. The smallest absolute Gasteiger partial charge is 0.300 e. The van der Waals surface area contributed by atoms with Crippen LogP contribution < -0.4 is 10.2 Å². The topological polar surface area (TPSA) is 52.6 Å². The molecule has 0 bridgehead atoms. The summed E-state index contributed by atoms with van der Waals surface area (Å²) in [5.41, 5.74) is 1.29. The van der Waals surface area contributed by atoms with E-state index in [2.05, 4.69) is 22.3 Å². The second-order valence-corrected chi connectivity index (χ2v) is 4.19. The van der Waals surface area contributed by atoms with Gasteiger partial charge in [-0.05, 0) is 12.1 Å². The second-order valence-electron chi connectivity index (χ2n) is 3.69. The Balaban J connectivity index is 0.000000317. The Morgan fingerprint density at radius 2 is 2.06 bits per heavy atom. The number of aliphatic carboxylic acids is 1. The zero-order valence-electron chi connectivity index (χ0n) is 9.77. The largest absolute Gasteiger partial charge is 0.481 e. The van der Waals surface area contributed by atoms with Crippen molar-refractivity contribution in [3.63, 3.8) is 0 Å². The van der Waals surface area contributed by atoms with E-state index in [4.69, 9.17) is 21.5 Å². The summed E-state index contributed by atoms with van der Waals surface area (Å²) >= 11 is 6.18. The molecule has 1 fully saturated rings. The molecule has 1 heterocycles. The molecule has 0 aromatic heterocycles. The van der Waals surface area contributed by atoms with Gasteiger partial charge in [0.05, 0.1) is 0 Å². The fraction of sp³-hybridized carbons (Fsp3) is 0.417. The number of benzene rings is 1. The van der Waals surface area contributed by atoms with E-state index >= 15 is 0 Å². The molecule has 0 radical (unpaired) electrons. The number of piperazine rings is 1. The van der Waals surface area contributed by atoms with Crippen LogP contribution in [-0.2, 0) is 4.79 Å². The van der Waals surface area contributed by atoms with Crippen molar-refractivity contribution in [1.29, 1.82) is 0 Å². The average Bonchev–Trinajstić information content (AvgIpc) is 2.30. The van der Waals surface area contributed by atoms with E-state index in [9.17, 15) is 0 Å². The summed E-state index contributed by atoms with van der Waals surface area (Å²) in [5, 5.41) is 10.7. The third-order valence-corrected chi connectivity index (χ3v) is 2.66. The van der Waals surface area contributed by atoms with Gasteiger partial charge in [0.1, 0.15) is 5.50 Å². The minimum atomic E-state index is -0.833. The van der Waals surface area contributed by atoms with E-state index in [1.807, 2.05) is 18.2 Å². The molecular formula is C12H17ClN2O2. The van der Waals surface area contributed by atoms with Crippen LogP contribution in [0.2, 0.25) is 0 Å². The lowest BCUT2D eigenvalue weighted by molar-refractivity contribution is -0.134. The van der Waals surface area contributed by atoms with Crippen LogP contribution in [0, 0.1) is 0 Å². The van der Waals surface area contributed by atoms with Crippen LogP contribution in [0.5, 0.6) is 0 Å². The standard InChI is InChI=1S/C10H13ClN2.C2H4O2/c11-10-8-12-6-7-13(10)9-4-2-1-3-5-9;1-2(3)4/h1-5,10,12H,6-8H2;1H3,(H,3,4). The van der Waals surface area contributed by atoms with E-state index in [0.717, 1.165) is 26.6 Å². The number of para-hydroxylation sites is 1. The molecule has 0 saturated carbocycles. The summed E-state index contributed by atoms with van der Waals surface area (Å²) in [6.07, 6.45) is 0. The first-order chi connectivity index (χ1) is 8.11. The Bertz CT molecular complexity index is 342. The third kappa shape index (κ3) is 5.06. The summed E-state index contributed by atoms with van der Waals surface area (Å²) in [4.78, 5) is 11.2. The first kappa shape index (κ1) is 13.8. The summed E-state index contributed by atoms with van der Waals surface area (Å²) in [5.74, 6) is -0.833. The average molecular weight is 257 g/mol. The molecule has 1 aromatic rings. The van der Waals surface area contributed by atoms with Gasteiger partial charge in [-0.1, -0.05) is 29.8 Å². The first-order valence-electron chi connectivity index (χ1n) is 5.47. The van der Waals surface area contributed by atoms with E-state index in [1.165, 1.54) is 5.69 Å². The number of carbonyl (C=O) groups is 1. The number of carboxylic acids is 1. The van der Waals surface area contributed by atoms with E-state index in [-0.39, 0.29) is 5.50 Å². The molecule has 1 aliphatic heterocycles. The molecule has 0 amide bonds. The van der Waals surface area contributed by atoms with Gasteiger partial charge in [0.15, 0.2) is 0 Å². The highest BCUT2D eigenvalue weighted by Crippen LogP contribution is 2.19. The molecule has 4 nitrogen and oxygen atoms in total. The number of hydrogen-bond acceptors (Lipinski definition) is 3. The molecule has 5 heteroatoms. The molecule has 1 atom stereocenters. The quantitative estimate of drug-likeness (QED) is 0.594. The third-order valence-electron chi connectivity index (χ3n) is 2.27. The van der Waals surface area contributed by atoms with Crippen LogP contribution in [0.25, 0.3) is 0 Å². The van der Waals surface area contributed by atoms with Gasteiger partial charge in [0.2, 0.25) is 0 Å². The molecule has 0 spiro atoms. The first-order valence-corrected chi connectivity index (χ1v) is 5.91. The van der Waals surface area contributed by atoms with E-state index in [1.54, 1.807) is 0 Å². The maximum Gasteiger partial charge on any atom is 0.300 e. The van der Waals surface area contributed by atoms with E-state index < -0.39 is 5.97 Å². The van der Waals surface area contributed by atoms with Crippen molar-refractivity contribution < 1.29 is 9.90 Å². The lowest BCUT2D eigenvalue weighted by Crippen LogP contribution is -2.48. The highest BCUT2D eigenvalue weighted by atomic mass is 35.5. The van der Waals surface area contributed by atoms with E-state index in [0.29, 0.717) is 0 Å². The summed E-state index contributed by atoms with van der Waals surface area (Å²) in [7, 11) is 0. The second kappa shape index (κ2) is 7.14. The predicted octanol–water partition coefficient (Wildman–Crippen LogP) is 1.75. The zero-order valence-corrected chi connectivity index (χ0v) is 10.5. The van der Waals surface area contributed by atoms with Gasteiger partial charge in [-0.25, -0.2) is 0 Å².